The van der Waals surface area contributed by atoms with Crippen molar-refractivity contribution in [3.05, 3.63) is 0 Å². The lowest BCUT2D eigenvalue weighted by molar-refractivity contribution is 0.164. The van der Waals surface area contributed by atoms with Gasteiger partial charge in [-0.25, -0.2) is 0 Å². The van der Waals surface area contributed by atoms with E-state index in [0.717, 1.165) is 6.54 Å². The van der Waals surface area contributed by atoms with Crippen LogP contribution in [-0.4, -0.2) is 50.2 Å². The van der Waals surface area contributed by atoms with Crippen molar-refractivity contribution in [2.75, 3.05) is 20.1 Å². The summed E-state index contributed by atoms with van der Waals surface area (Å²) in [6.07, 6.45) is -0.306. The van der Waals surface area contributed by atoms with Gasteiger partial charge in [0.25, 0.3) is 0 Å². The molecule has 0 aliphatic carbocycles. The summed E-state index contributed by atoms with van der Waals surface area (Å²) in [7, 11) is 7.25. The number of aliphatic hydroxyl groups is 1. The zero-order valence-electron chi connectivity index (χ0n) is 5.54. The van der Waals surface area contributed by atoms with Crippen LogP contribution in [0.5, 0.6) is 0 Å². The van der Waals surface area contributed by atoms with Crippen LogP contribution in [0, 0.1) is 0 Å². The maximum Gasteiger partial charge on any atom is 0.182 e. The van der Waals surface area contributed by atoms with E-state index in [1.54, 1.807) is 4.81 Å². The van der Waals surface area contributed by atoms with Gasteiger partial charge in [-0.3, -0.25) is 0 Å². The lowest BCUT2D eigenvalue weighted by atomic mass is 10.2. The van der Waals surface area contributed by atoms with Crippen molar-refractivity contribution < 1.29 is 5.11 Å². The third-order valence-electron chi connectivity index (χ3n) is 1.69. The second kappa shape index (κ2) is 2.69. The van der Waals surface area contributed by atoms with Crippen LogP contribution in [0.2, 0.25) is 0 Å². The summed E-state index contributed by atoms with van der Waals surface area (Å²) < 4.78 is 0. The second-order valence-electron chi connectivity index (χ2n) is 2.42. The minimum Gasteiger partial charge on any atom is -0.390 e. The van der Waals surface area contributed by atoms with Crippen LogP contribution in [0.1, 0.15) is 0 Å². The first kappa shape index (κ1) is 7.06. The van der Waals surface area contributed by atoms with E-state index in [1.165, 1.54) is 0 Å². The third kappa shape index (κ3) is 1.44. The first-order valence-corrected chi connectivity index (χ1v) is 3.09. The summed E-state index contributed by atoms with van der Waals surface area (Å²) in [6, 6.07) is 0.148. The molecule has 0 bridgehead atoms. The van der Waals surface area contributed by atoms with Crippen LogP contribution in [0.4, 0.5) is 0 Å². The lowest BCUT2D eigenvalue weighted by Crippen LogP contribution is -2.36. The fourth-order valence-corrected chi connectivity index (χ4v) is 1.10. The maximum absolute atomic E-state index is 9.18. The quantitative estimate of drug-likeness (QED) is 0.412. The Kier molecular flexibility index (Phi) is 2.11. The van der Waals surface area contributed by atoms with Crippen molar-refractivity contribution in [2.45, 2.75) is 12.1 Å². The molecular formula is C5H11BN2O. The third-order valence-corrected chi connectivity index (χ3v) is 1.69. The molecule has 1 aliphatic rings. The highest BCUT2D eigenvalue weighted by atomic mass is 16.3. The molecule has 1 aliphatic heterocycles. The zero-order chi connectivity index (χ0) is 6.85. The normalized spacial score (nSPS) is 37.6. The van der Waals surface area contributed by atoms with Gasteiger partial charge >= 0.3 is 0 Å². The van der Waals surface area contributed by atoms with Gasteiger partial charge in [-0.2, -0.15) is 0 Å². The monoisotopic (exact) mass is 126 g/mol. The number of hydrogen-bond donors (Lipinski definition) is 2. The van der Waals surface area contributed by atoms with Gasteiger partial charge in [0.15, 0.2) is 7.98 Å². The summed E-state index contributed by atoms with van der Waals surface area (Å²) in [5, 5.41) is 12.1. The molecule has 0 aromatic carbocycles. The largest absolute Gasteiger partial charge is 0.390 e. The van der Waals surface area contributed by atoms with E-state index >= 15 is 0 Å². The molecule has 2 radical (unpaired) electrons. The van der Waals surface area contributed by atoms with Crippen molar-refractivity contribution in [1.82, 2.24) is 10.1 Å². The predicted octanol–water partition coefficient (Wildman–Crippen LogP) is -1.67. The minimum atomic E-state index is -0.306. The van der Waals surface area contributed by atoms with Gasteiger partial charge in [-0.15, -0.1) is 0 Å². The molecule has 9 heavy (non-hydrogen) atoms. The van der Waals surface area contributed by atoms with Gasteiger partial charge in [0.1, 0.15) is 0 Å². The van der Waals surface area contributed by atoms with E-state index in [-0.39, 0.29) is 12.1 Å². The van der Waals surface area contributed by atoms with Crippen LogP contribution in [0.15, 0.2) is 0 Å². The van der Waals surface area contributed by atoms with E-state index in [9.17, 15) is 5.11 Å². The van der Waals surface area contributed by atoms with Gasteiger partial charge in [0.05, 0.1) is 6.10 Å². The molecule has 1 fully saturated rings. The molecule has 0 aromatic heterocycles. The Morgan fingerprint density at radius 2 is 2.33 bits per heavy atom. The second-order valence-corrected chi connectivity index (χ2v) is 2.42. The molecule has 2 atom stereocenters. The number of hydrogen-bond acceptors (Lipinski definition) is 3. The molecule has 1 rings (SSSR count). The number of β-amino-alcohol motifs (C(OH)–C–C–N with tert-alkyl or cyclic N) is 1. The van der Waals surface area contributed by atoms with Crippen LogP contribution in [-0.2, 0) is 0 Å². The summed E-state index contributed by atoms with van der Waals surface area (Å²) in [5.74, 6) is 0. The summed E-state index contributed by atoms with van der Waals surface area (Å²) in [4.78, 5) is 1.62. The standard InChI is InChI=1S/C5H11BN2O/c1-7-4-2-8(6)3-5(4)9/h4-5,7,9H,2-3H2,1H3. The van der Waals surface area contributed by atoms with E-state index in [4.69, 9.17) is 7.98 Å². The number of nitrogens with zero attached hydrogens (tertiary/aromatic N) is 1. The van der Waals surface area contributed by atoms with Gasteiger partial charge in [0, 0.05) is 19.1 Å². The Labute approximate surface area is 56.5 Å². The smallest absolute Gasteiger partial charge is 0.182 e. The highest BCUT2D eigenvalue weighted by Crippen LogP contribution is 2.05. The van der Waals surface area contributed by atoms with Crippen molar-refractivity contribution >= 4 is 7.98 Å². The average Bonchev–Trinajstić information content (AvgIpc) is 2.10. The van der Waals surface area contributed by atoms with Crippen molar-refractivity contribution in [3.8, 4) is 0 Å². The lowest BCUT2D eigenvalue weighted by Gasteiger charge is -2.10. The van der Waals surface area contributed by atoms with Gasteiger partial charge in [0.2, 0.25) is 0 Å². The molecule has 0 spiro atoms. The first-order chi connectivity index (χ1) is 4.24. The number of likely N-dealkylation sites (N-methyl/N-ethyl adjacent to an activating group) is 1. The summed E-state index contributed by atoms with van der Waals surface area (Å²) in [6.45, 7) is 1.31. The zero-order valence-corrected chi connectivity index (χ0v) is 5.54. The topological polar surface area (TPSA) is 35.5 Å². The number of rotatable bonds is 1. The molecule has 4 heteroatoms. The summed E-state index contributed by atoms with van der Waals surface area (Å²) >= 11 is 0. The van der Waals surface area contributed by atoms with Crippen LogP contribution >= 0.6 is 0 Å². The molecule has 0 amide bonds. The van der Waals surface area contributed by atoms with Gasteiger partial charge < -0.3 is 15.2 Å². The molecule has 1 heterocycles. The first-order valence-electron chi connectivity index (χ1n) is 3.09. The Balaban J connectivity index is 2.38. The van der Waals surface area contributed by atoms with Gasteiger partial charge in [-0.05, 0) is 7.05 Å². The number of aliphatic hydroxyl groups excluding tert-OH is 1. The van der Waals surface area contributed by atoms with Crippen molar-refractivity contribution in [1.29, 1.82) is 0 Å². The van der Waals surface area contributed by atoms with E-state index < -0.39 is 0 Å². The Morgan fingerprint density at radius 3 is 2.56 bits per heavy atom. The molecule has 50 valence electrons. The Morgan fingerprint density at radius 1 is 1.67 bits per heavy atom. The predicted molar refractivity (Wildman–Crippen MR) is 36.2 cm³/mol. The number of nitrogens with one attached hydrogen (secondary N) is 1. The molecule has 2 unspecified atom stereocenters. The molecule has 0 aromatic rings. The van der Waals surface area contributed by atoms with Crippen LogP contribution in [0.25, 0.3) is 0 Å². The molecule has 3 nitrogen and oxygen atoms in total. The Hall–Kier alpha value is -0.0551. The fourth-order valence-electron chi connectivity index (χ4n) is 1.10. The minimum absolute atomic E-state index is 0.148. The van der Waals surface area contributed by atoms with Crippen molar-refractivity contribution in [3.63, 3.8) is 0 Å². The molecular weight excluding hydrogens is 115 g/mol. The van der Waals surface area contributed by atoms with Crippen LogP contribution < -0.4 is 5.32 Å². The van der Waals surface area contributed by atoms with Crippen molar-refractivity contribution in [2.24, 2.45) is 0 Å². The molecule has 2 N–H and O–H groups in total. The molecule has 1 saturated heterocycles. The van der Waals surface area contributed by atoms with Gasteiger partial charge in [-0.1, -0.05) is 0 Å². The average molecular weight is 126 g/mol. The summed E-state index contributed by atoms with van der Waals surface area (Å²) in [5.41, 5.74) is 0. The maximum atomic E-state index is 9.18. The SMILES string of the molecule is [B]N1CC(O)C(NC)C1. The van der Waals surface area contributed by atoms with E-state index in [2.05, 4.69) is 5.32 Å². The van der Waals surface area contributed by atoms with E-state index in [0.29, 0.717) is 6.54 Å². The van der Waals surface area contributed by atoms with E-state index in [1.807, 2.05) is 7.05 Å². The molecule has 0 saturated carbocycles. The Bertz CT molecular complexity index is 101. The highest BCUT2D eigenvalue weighted by molar-refractivity contribution is 6.04. The highest BCUT2D eigenvalue weighted by Gasteiger charge is 2.26. The van der Waals surface area contributed by atoms with Crippen LogP contribution in [0.3, 0.4) is 0 Å². The fraction of sp³-hybridized carbons (Fsp3) is 1.00.